The third kappa shape index (κ3) is 13.3. The lowest BCUT2D eigenvalue weighted by Crippen LogP contribution is -3.00. The zero-order valence-electron chi connectivity index (χ0n) is 23.8. The Morgan fingerprint density at radius 2 is 1.76 bits per heavy atom. The van der Waals surface area contributed by atoms with Gasteiger partial charge in [-0.05, 0) is 57.1 Å². The van der Waals surface area contributed by atoms with Gasteiger partial charge in [0, 0.05) is 0 Å². The molecule has 0 saturated carbocycles. The number of ether oxygens (including phenoxy) is 2. The van der Waals surface area contributed by atoms with Gasteiger partial charge in [-0.3, -0.25) is 4.79 Å². The Morgan fingerprint density at radius 1 is 1.11 bits per heavy atom. The van der Waals surface area contributed by atoms with Crippen LogP contribution in [0.15, 0.2) is 58.7 Å². The average molecular weight is 599 g/mol. The van der Waals surface area contributed by atoms with Crippen LogP contribution in [0.3, 0.4) is 0 Å². The first kappa shape index (κ1) is 35.5. The van der Waals surface area contributed by atoms with E-state index >= 15 is 0 Å². The highest BCUT2D eigenvalue weighted by molar-refractivity contribution is 5.73. The number of amides is 1. The molecule has 1 amide bonds. The largest absolute Gasteiger partial charge is 1.00 e. The summed E-state index contributed by atoms with van der Waals surface area (Å²) in [7, 11) is 2.91. The summed E-state index contributed by atoms with van der Waals surface area (Å²) in [6.45, 7) is 10.1. The molecule has 0 aromatic carbocycles. The number of nitrogens with zero attached hydrogens (tertiary/aromatic N) is 1. The van der Waals surface area contributed by atoms with Gasteiger partial charge in [-0.1, -0.05) is 60.9 Å². The summed E-state index contributed by atoms with van der Waals surface area (Å²) in [5, 5.41) is 18.5. The smallest absolute Gasteiger partial charge is 0.516 e. The van der Waals surface area contributed by atoms with Gasteiger partial charge >= 0.3 is 18.0 Å². The SMILES string of the molecule is CC1=C(/C=C/C(C)=C\C=C\C(C)=C/COC(=O)COC(=O)[N+](C)(C)CC(O)CC(=O)O)C(C)(C)CCC1.[Br-]. The maximum absolute atomic E-state index is 12.2. The molecule has 1 rings (SSSR count). The number of carboxylic acids is 1. The van der Waals surface area contributed by atoms with Crippen molar-refractivity contribution in [3.63, 3.8) is 0 Å². The number of halogens is 1. The summed E-state index contributed by atoms with van der Waals surface area (Å²) in [6, 6.07) is 0. The zero-order valence-corrected chi connectivity index (χ0v) is 25.3. The van der Waals surface area contributed by atoms with Crippen molar-refractivity contribution in [1.82, 2.24) is 0 Å². The molecule has 1 unspecified atom stereocenters. The number of esters is 1. The molecular weight excluding hydrogens is 554 g/mol. The van der Waals surface area contributed by atoms with Crippen LogP contribution in [0.2, 0.25) is 0 Å². The van der Waals surface area contributed by atoms with Gasteiger partial charge in [0.25, 0.3) is 0 Å². The van der Waals surface area contributed by atoms with Crippen molar-refractivity contribution in [2.75, 3.05) is 33.9 Å². The number of carbonyl (C=O) groups excluding carboxylic acids is 2. The van der Waals surface area contributed by atoms with E-state index in [4.69, 9.17) is 14.6 Å². The van der Waals surface area contributed by atoms with Crippen molar-refractivity contribution in [2.45, 2.75) is 66.4 Å². The van der Waals surface area contributed by atoms with Crippen LogP contribution in [-0.2, 0) is 19.1 Å². The minimum Gasteiger partial charge on any atom is -1.00 e. The molecular formula is C29H44BrNO7. The molecule has 214 valence electrons. The lowest BCUT2D eigenvalue weighted by molar-refractivity contribution is -0.820. The molecule has 0 aliphatic heterocycles. The number of carbonyl (C=O) groups is 3. The molecule has 0 fully saturated rings. The molecule has 0 bridgehead atoms. The Balaban J connectivity index is 0.0000137. The third-order valence-corrected chi connectivity index (χ3v) is 6.31. The molecule has 0 aromatic heterocycles. The molecule has 1 aliphatic carbocycles. The van der Waals surface area contributed by atoms with E-state index < -0.39 is 41.6 Å². The summed E-state index contributed by atoms with van der Waals surface area (Å²) in [5.74, 6) is -1.87. The van der Waals surface area contributed by atoms with Crippen LogP contribution in [0.25, 0.3) is 0 Å². The van der Waals surface area contributed by atoms with Crippen LogP contribution in [0.1, 0.15) is 60.3 Å². The van der Waals surface area contributed by atoms with Gasteiger partial charge < -0.3 is 36.7 Å². The van der Waals surface area contributed by atoms with E-state index in [1.807, 2.05) is 25.2 Å². The third-order valence-electron chi connectivity index (χ3n) is 6.31. The van der Waals surface area contributed by atoms with Crippen molar-refractivity contribution in [3.8, 4) is 0 Å². The minimum absolute atomic E-state index is 0. The summed E-state index contributed by atoms with van der Waals surface area (Å²) in [6.07, 6.45) is 13.2. The highest BCUT2D eigenvalue weighted by Gasteiger charge is 2.33. The molecule has 8 nitrogen and oxygen atoms in total. The number of hydrogen-bond acceptors (Lipinski definition) is 6. The van der Waals surface area contributed by atoms with Crippen LogP contribution in [0.4, 0.5) is 4.79 Å². The Kier molecular flexibility index (Phi) is 15.4. The van der Waals surface area contributed by atoms with Gasteiger partial charge in [0.2, 0.25) is 0 Å². The fourth-order valence-corrected chi connectivity index (χ4v) is 4.17. The molecule has 1 atom stereocenters. The van der Waals surface area contributed by atoms with Crippen molar-refractivity contribution >= 4 is 18.0 Å². The van der Waals surface area contributed by atoms with Gasteiger partial charge in [0.1, 0.15) is 19.3 Å². The molecule has 38 heavy (non-hydrogen) atoms. The van der Waals surface area contributed by atoms with E-state index in [1.165, 1.54) is 44.5 Å². The fraction of sp³-hybridized carbons (Fsp3) is 0.552. The van der Waals surface area contributed by atoms with E-state index in [2.05, 4.69) is 39.8 Å². The van der Waals surface area contributed by atoms with Gasteiger partial charge in [0.05, 0.1) is 20.5 Å². The maximum atomic E-state index is 12.2. The van der Waals surface area contributed by atoms with Crippen molar-refractivity contribution in [1.29, 1.82) is 0 Å². The maximum Gasteiger partial charge on any atom is 0.516 e. The summed E-state index contributed by atoms with van der Waals surface area (Å²) >= 11 is 0. The number of aliphatic hydroxyl groups excluding tert-OH is 1. The Hall–Kier alpha value is -2.49. The zero-order chi connectivity index (χ0) is 28.2. The molecule has 1 aliphatic rings. The first-order chi connectivity index (χ1) is 17.1. The van der Waals surface area contributed by atoms with Crippen molar-refractivity contribution in [2.24, 2.45) is 5.41 Å². The lowest BCUT2D eigenvalue weighted by Gasteiger charge is -2.32. The summed E-state index contributed by atoms with van der Waals surface area (Å²) in [5.41, 5.74) is 5.16. The number of allylic oxidation sites excluding steroid dienone is 9. The van der Waals surface area contributed by atoms with E-state index in [9.17, 15) is 19.5 Å². The van der Waals surface area contributed by atoms with E-state index in [0.717, 1.165) is 11.1 Å². The van der Waals surface area contributed by atoms with E-state index in [-0.39, 0.29) is 35.5 Å². The molecule has 0 aromatic rings. The normalized spacial score (nSPS) is 17.4. The fourth-order valence-electron chi connectivity index (χ4n) is 4.17. The standard InChI is InChI=1S/C29H43NO7.BrH/c1-21(13-14-25-23(3)12-9-16-29(25,4)5)10-8-11-22(2)15-17-36-27(34)20-37-28(35)30(6,7)19-24(31)18-26(32)33;/h8,10-11,13-15,24,31H,9,12,16-20H2,1-7H3;1H/b11-8+,14-13+,21-10-,22-15-;. The van der Waals surface area contributed by atoms with E-state index in [1.54, 1.807) is 6.08 Å². The number of likely N-dealkylation sites (N-methyl/N-ethyl adjacent to an activating group) is 1. The average Bonchev–Trinajstić information content (AvgIpc) is 2.75. The monoisotopic (exact) mass is 597 g/mol. The molecule has 2 N–H and O–H groups in total. The quantitative estimate of drug-likeness (QED) is 0.201. The van der Waals surface area contributed by atoms with Crippen molar-refractivity contribution < 1.29 is 55.5 Å². The highest BCUT2D eigenvalue weighted by atomic mass is 79.9. The summed E-state index contributed by atoms with van der Waals surface area (Å²) < 4.78 is 9.61. The lowest BCUT2D eigenvalue weighted by atomic mass is 9.72. The first-order valence-electron chi connectivity index (χ1n) is 12.6. The van der Waals surface area contributed by atoms with Gasteiger partial charge in [0.15, 0.2) is 6.61 Å². The van der Waals surface area contributed by atoms with Crippen LogP contribution >= 0.6 is 0 Å². The molecule has 0 saturated heterocycles. The number of carboxylic acid groups (broad SMARTS) is 1. The van der Waals surface area contributed by atoms with Crippen LogP contribution < -0.4 is 17.0 Å². The molecule has 0 spiro atoms. The Labute approximate surface area is 237 Å². The minimum atomic E-state index is -1.21. The number of rotatable bonds is 12. The van der Waals surface area contributed by atoms with Crippen LogP contribution in [-0.4, -0.2) is 72.7 Å². The topological polar surface area (TPSA) is 110 Å². The number of quaternary nitrogens is 1. The second-order valence-electron chi connectivity index (χ2n) is 10.8. The predicted octanol–water partition coefficient (Wildman–Crippen LogP) is 2.11. The second-order valence-corrected chi connectivity index (χ2v) is 10.8. The summed E-state index contributed by atoms with van der Waals surface area (Å²) in [4.78, 5) is 34.7. The van der Waals surface area contributed by atoms with Gasteiger partial charge in [-0.25, -0.2) is 9.28 Å². The van der Waals surface area contributed by atoms with Crippen molar-refractivity contribution in [3.05, 3.63) is 58.7 Å². The predicted molar refractivity (Wildman–Crippen MR) is 144 cm³/mol. The van der Waals surface area contributed by atoms with Crippen LogP contribution in [0, 0.1) is 5.41 Å². The van der Waals surface area contributed by atoms with E-state index in [0.29, 0.717) is 0 Å². The van der Waals surface area contributed by atoms with Gasteiger partial charge in [-0.2, -0.15) is 4.79 Å². The number of hydrogen-bond donors (Lipinski definition) is 2. The first-order valence-corrected chi connectivity index (χ1v) is 12.6. The Morgan fingerprint density at radius 3 is 2.37 bits per heavy atom. The molecule has 0 heterocycles. The Bertz CT molecular complexity index is 987. The number of aliphatic hydroxyl groups is 1. The number of aliphatic carboxylic acids is 1. The second kappa shape index (κ2) is 16.5. The molecule has 9 heteroatoms. The van der Waals surface area contributed by atoms with Crippen LogP contribution in [0.5, 0.6) is 0 Å². The van der Waals surface area contributed by atoms with Gasteiger partial charge in [-0.15, -0.1) is 0 Å². The molecule has 0 radical (unpaired) electrons. The highest BCUT2D eigenvalue weighted by Crippen LogP contribution is 2.40.